The van der Waals surface area contributed by atoms with Crippen LogP contribution < -0.4 is 27.0 Å². The normalized spacial score (nSPS) is 15.5. The highest BCUT2D eigenvalue weighted by molar-refractivity contribution is 5.95. The van der Waals surface area contributed by atoms with Gasteiger partial charge in [-0.2, -0.15) is 0 Å². The summed E-state index contributed by atoms with van der Waals surface area (Å²) in [5, 5.41) is 44.9. The zero-order chi connectivity index (χ0) is 29.6. The zero-order valence-corrected chi connectivity index (χ0v) is 21.4. The van der Waals surface area contributed by atoms with E-state index >= 15 is 0 Å². The molecule has 0 aromatic rings. The summed E-state index contributed by atoms with van der Waals surface area (Å²) in [7, 11) is 0. The number of nitrogens with two attached hydrogens (primary N) is 1. The molecule has 0 aromatic carbocycles. The minimum absolute atomic E-state index is 0.181. The lowest BCUT2D eigenvalue weighted by molar-refractivity contribution is -0.144. The van der Waals surface area contributed by atoms with Crippen LogP contribution in [0.1, 0.15) is 52.9 Å². The van der Waals surface area contributed by atoms with Gasteiger partial charge in [-0.15, -0.1) is 0 Å². The van der Waals surface area contributed by atoms with Crippen LogP contribution in [0.2, 0.25) is 0 Å². The standard InChI is InChI=1S/C22H37N5O11/c1-4-10(2)17(23)21(36)24-11(3)18(33)25-12(5-7-15(29)30)19(34)26-13(6-8-16(31)32)20(35)27-14(9-28)22(37)38/h10-14,17,28H,4-9,23H2,1-3H3,(H,24,36)(H,25,33)(H,26,34)(H,27,35)(H,29,30)(H,31,32)(H,37,38)/t10-,11-,12-,13-,14-,17-/m0/s1. The van der Waals surface area contributed by atoms with E-state index in [1.165, 1.54) is 6.92 Å². The van der Waals surface area contributed by atoms with Gasteiger partial charge < -0.3 is 47.4 Å². The summed E-state index contributed by atoms with van der Waals surface area (Å²) in [5.41, 5.74) is 5.84. The Kier molecular flexibility index (Phi) is 15.2. The van der Waals surface area contributed by atoms with Gasteiger partial charge in [-0.25, -0.2) is 4.79 Å². The van der Waals surface area contributed by atoms with Crippen LogP contribution in [-0.4, -0.2) is 98.8 Å². The van der Waals surface area contributed by atoms with Crippen LogP contribution >= 0.6 is 0 Å². The number of hydrogen-bond donors (Lipinski definition) is 9. The van der Waals surface area contributed by atoms with E-state index in [0.29, 0.717) is 6.42 Å². The zero-order valence-electron chi connectivity index (χ0n) is 21.4. The van der Waals surface area contributed by atoms with Crippen LogP contribution in [0, 0.1) is 5.92 Å². The minimum Gasteiger partial charge on any atom is -0.481 e. The summed E-state index contributed by atoms with van der Waals surface area (Å²) < 4.78 is 0. The summed E-state index contributed by atoms with van der Waals surface area (Å²) in [6.45, 7) is 3.90. The first-order valence-electron chi connectivity index (χ1n) is 11.9. The number of hydrogen-bond acceptors (Lipinski definition) is 9. The molecule has 16 nitrogen and oxygen atoms in total. The van der Waals surface area contributed by atoms with Gasteiger partial charge in [0, 0.05) is 12.8 Å². The van der Waals surface area contributed by atoms with Crippen molar-refractivity contribution in [2.24, 2.45) is 11.7 Å². The summed E-state index contributed by atoms with van der Waals surface area (Å²) >= 11 is 0. The average Bonchev–Trinajstić information content (AvgIpc) is 2.85. The van der Waals surface area contributed by atoms with Gasteiger partial charge in [0.25, 0.3) is 0 Å². The summed E-state index contributed by atoms with van der Waals surface area (Å²) in [5.74, 6) is -8.05. The number of amides is 4. The molecule has 0 radical (unpaired) electrons. The van der Waals surface area contributed by atoms with Gasteiger partial charge >= 0.3 is 17.9 Å². The molecule has 0 bridgehead atoms. The van der Waals surface area contributed by atoms with Gasteiger partial charge in [0.05, 0.1) is 12.6 Å². The maximum Gasteiger partial charge on any atom is 0.328 e. The molecule has 0 saturated carbocycles. The van der Waals surface area contributed by atoms with Crippen molar-refractivity contribution < 1.29 is 54.0 Å². The molecule has 16 heteroatoms. The Balaban J connectivity index is 5.63. The number of aliphatic hydroxyl groups is 1. The highest BCUT2D eigenvalue weighted by atomic mass is 16.4. The Morgan fingerprint density at radius 2 is 1.11 bits per heavy atom. The van der Waals surface area contributed by atoms with Crippen LogP contribution in [0.25, 0.3) is 0 Å². The first-order valence-corrected chi connectivity index (χ1v) is 11.9. The van der Waals surface area contributed by atoms with Gasteiger partial charge in [0.2, 0.25) is 23.6 Å². The summed E-state index contributed by atoms with van der Waals surface area (Å²) in [6.07, 6.45) is -1.49. The van der Waals surface area contributed by atoms with Crippen molar-refractivity contribution in [3.63, 3.8) is 0 Å². The number of rotatable bonds is 18. The quantitative estimate of drug-likeness (QED) is 0.0837. The van der Waals surface area contributed by atoms with Crippen molar-refractivity contribution in [1.29, 1.82) is 0 Å². The van der Waals surface area contributed by atoms with Crippen LogP contribution in [0.4, 0.5) is 0 Å². The number of carboxylic acid groups (broad SMARTS) is 3. The van der Waals surface area contributed by atoms with Crippen molar-refractivity contribution in [1.82, 2.24) is 21.3 Å². The second kappa shape index (κ2) is 16.9. The number of nitrogens with one attached hydrogen (secondary N) is 4. The van der Waals surface area contributed by atoms with E-state index in [4.69, 9.17) is 26.2 Å². The van der Waals surface area contributed by atoms with Gasteiger partial charge in [0.15, 0.2) is 0 Å². The topological polar surface area (TPSA) is 275 Å². The van der Waals surface area contributed by atoms with E-state index in [0.717, 1.165) is 0 Å². The summed E-state index contributed by atoms with van der Waals surface area (Å²) in [4.78, 5) is 83.5. The van der Waals surface area contributed by atoms with Crippen LogP contribution in [0.15, 0.2) is 0 Å². The Bertz CT molecular complexity index is 882. The number of carbonyl (C=O) groups excluding carboxylic acids is 4. The molecule has 0 rings (SSSR count). The van der Waals surface area contributed by atoms with Gasteiger partial charge in [0.1, 0.15) is 24.2 Å². The van der Waals surface area contributed by atoms with Crippen molar-refractivity contribution in [3.8, 4) is 0 Å². The molecule has 0 aliphatic heterocycles. The molecule has 0 unspecified atom stereocenters. The molecule has 0 heterocycles. The van der Waals surface area contributed by atoms with E-state index in [1.54, 1.807) is 6.92 Å². The lowest BCUT2D eigenvalue weighted by Crippen LogP contribution is -2.58. The van der Waals surface area contributed by atoms with E-state index in [9.17, 15) is 33.6 Å². The maximum atomic E-state index is 12.9. The minimum atomic E-state index is -1.74. The van der Waals surface area contributed by atoms with Gasteiger partial charge in [-0.1, -0.05) is 20.3 Å². The number of carbonyl (C=O) groups is 7. The molecule has 38 heavy (non-hydrogen) atoms. The molecule has 10 N–H and O–H groups in total. The second-order valence-electron chi connectivity index (χ2n) is 8.71. The molecule has 0 saturated heterocycles. The van der Waals surface area contributed by atoms with E-state index in [-0.39, 0.29) is 5.92 Å². The SMILES string of the molecule is CC[C@H](C)[C@H](N)C(=O)N[C@@H](C)C(=O)N[C@@H](CCC(=O)O)C(=O)N[C@@H](CCC(=O)O)C(=O)N[C@@H](CO)C(=O)O. The average molecular weight is 548 g/mol. The van der Waals surface area contributed by atoms with Crippen LogP contribution in [0.3, 0.4) is 0 Å². The summed E-state index contributed by atoms with van der Waals surface area (Å²) in [6, 6.07) is -6.93. The van der Waals surface area contributed by atoms with Crippen LogP contribution in [-0.2, 0) is 33.6 Å². The first-order chi connectivity index (χ1) is 17.6. The van der Waals surface area contributed by atoms with Crippen molar-refractivity contribution in [3.05, 3.63) is 0 Å². The fraction of sp³-hybridized carbons (Fsp3) is 0.682. The Labute approximate surface area is 218 Å². The molecule has 0 aliphatic rings. The number of carboxylic acids is 3. The lowest BCUT2D eigenvalue weighted by Gasteiger charge is -2.25. The largest absolute Gasteiger partial charge is 0.481 e. The Hall–Kier alpha value is -3.79. The smallest absolute Gasteiger partial charge is 0.328 e. The van der Waals surface area contributed by atoms with E-state index in [1.807, 2.05) is 12.2 Å². The fourth-order valence-corrected chi connectivity index (χ4v) is 2.99. The van der Waals surface area contributed by atoms with E-state index in [2.05, 4.69) is 16.0 Å². The molecular weight excluding hydrogens is 510 g/mol. The molecule has 0 fully saturated rings. The molecule has 216 valence electrons. The highest BCUT2D eigenvalue weighted by Gasteiger charge is 2.31. The Morgan fingerprint density at radius 1 is 0.684 bits per heavy atom. The van der Waals surface area contributed by atoms with Crippen molar-refractivity contribution >= 4 is 41.5 Å². The lowest BCUT2D eigenvalue weighted by atomic mass is 9.99. The van der Waals surface area contributed by atoms with E-state index < -0.39 is 104 Å². The number of aliphatic carboxylic acids is 3. The molecule has 0 spiro atoms. The predicted octanol–water partition coefficient (Wildman–Crippen LogP) is -2.87. The fourth-order valence-electron chi connectivity index (χ4n) is 2.99. The molecule has 6 atom stereocenters. The molecule has 0 aliphatic carbocycles. The molecule has 4 amide bonds. The predicted molar refractivity (Wildman–Crippen MR) is 129 cm³/mol. The third-order valence-electron chi connectivity index (χ3n) is 5.67. The number of aliphatic hydroxyl groups excluding tert-OH is 1. The molecular formula is C22H37N5O11. The maximum absolute atomic E-state index is 12.9. The second-order valence-corrected chi connectivity index (χ2v) is 8.71. The van der Waals surface area contributed by atoms with Gasteiger partial charge in [-0.3, -0.25) is 28.8 Å². The van der Waals surface area contributed by atoms with Crippen LogP contribution in [0.5, 0.6) is 0 Å². The van der Waals surface area contributed by atoms with Crippen molar-refractivity contribution in [2.75, 3.05) is 6.61 Å². The van der Waals surface area contributed by atoms with Crippen molar-refractivity contribution in [2.45, 2.75) is 83.1 Å². The third-order valence-corrected chi connectivity index (χ3v) is 5.67. The third kappa shape index (κ3) is 12.4. The highest BCUT2D eigenvalue weighted by Crippen LogP contribution is 2.07. The molecule has 0 aromatic heterocycles. The van der Waals surface area contributed by atoms with Gasteiger partial charge in [-0.05, 0) is 25.7 Å². The first kappa shape index (κ1) is 34.2. The Morgan fingerprint density at radius 3 is 1.47 bits per heavy atom. The monoisotopic (exact) mass is 547 g/mol.